The molecule has 9 heteroatoms. The smallest absolute Gasteiger partial charge is 0.251 e. The van der Waals surface area contributed by atoms with E-state index in [0.717, 1.165) is 10.0 Å². The molecule has 2 aromatic carbocycles. The van der Waals surface area contributed by atoms with E-state index in [1.807, 2.05) is 0 Å². The molecule has 1 saturated heterocycles. The molecule has 7 nitrogen and oxygen atoms in total. The average Bonchev–Trinajstić information content (AvgIpc) is 2.87. The fourth-order valence-electron chi connectivity index (χ4n) is 2.69. The number of nitrogens with zero attached hydrogens (tertiary/aromatic N) is 1. The van der Waals surface area contributed by atoms with E-state index in [4.69, 9.17) is 5.14 Å². The van der Waals surface area contributed by atoms with E-state index in [2.05, 4.69) is 21.2 Å². The molecule has 1 heterocycles. The number of amides is 2. The molecule has 0 unspecified atom stereocenters. The van der Waals surface area contributed by atoms with Crippen LogP contribution < -0.4 is 15.4 Å². The lowest BCUT2D eigenvalue weighted by Crippen LogP contribution is -2.38. The van der Waals surface area contributed by atoms with Gasteiger partial charge < -0.3 is 5.32 Å². The van der Waals surface area contributed by atoms with Crippen LogP contribution in [0.25, 0.3) is 0 Å². The zero-order valence-corrected chi connectivity index (χ0v) is 16.0. The standard InChI is InChI=1S/C17H16BrN3O4S/c18-12-3-5-13(6-4-12)21-16(22)9-15(17(21)23)20-10-11-1-7-14(8-2-11)26(19,24)25/h1-8,15,20H,9-10H2,(H2,19,24,25)/t15-/m1/s1. The lowest BCUT2D eigenvalue weighted by atomic mass is 10.2. The van der Waals surface area contributed by atoms with Gasteiger partial charge in [-0.25, -0.2) is 18.5 Å². The summed E-state index contributed by atoms with van der Waals surface area (Å²) in [6, 6.07) is 12.4. The van der Waals surface area contributed by atoms with Crippen LogP contribution in [0.4, 0.5) is 5.69 Å². The van der Waals surface area contributed by atoms with Crippen molar-refractivity contribution in [1.82, 2.24) is 5.32 Å². The van der Waals surface area contributed by atoms with Crippen molar-refractivity contribution in [3.05, 3.63) is 58.6 Å². The van der Waals surface area contributed by atoms with Crippen molar-refractivity contribution >= 4 is 43.5 Å². The van der Waals surface area contributed by atoms with E-state index >= 15 is 0 Å². The third-order valence-corrected chi connectivity index (χ3v) is 5.49. The largest absolute Gasteiger partial charge is 0.301 e. The number of rotatable bonds is 5. The fourth-order valence-corrected chi connectivity index (χ4v) is 3.47. The van der Waals surface area contributed by atoms with Gasteiger partial charge in [-0.2, -0.15) is 0 Å². The van der Waals surface area contributed by atoms with Gasteiger partial charge in [-0.3, -0.25) is 9.59 Å². The number of hydrogen-bond donors (Lipinski definition) is 2. The highest BCUT2D eigenvalue weighted by atomic mass is 79.9. The van der Waals surface area contributed by atoms with Crippen LogP contribution in [0.3, 0.4) is 0 Å². The quantitative estimate of drug-likeness (QED) is 0.688. The Balaban J connectivity index is 1.67. The fraction of sp³-hybridized carbons (Fsp3) is 0.176. The predicted octanol–water partition coefficient (Wildman–Crippen LogP) is 1.52. The average molecular weight is 438 g/mol. The van der Waals surface area contributed by atoms with Crippen molar-refractivity contribution in [2.45, 2.75) is 23.9 Å². The summed E-state index contributed by atoms with van der Waals surface area (Å²) in [5.41, 5.74) is 1.31. The molecule has 26 heavy (non-hydrogen) atoms. The van der Waals surface area contributed by atoms with Crippen LogP contribution >= 0.6 is 15.9 Å². The minimum atomic E-state index is -3.74. The Bertz CT molecular complexity index is 943. The molecular weight excluding hydrogens is 422 g/mol. The van der Waals surface area contributed by atoms with Crippen LogP contribution in [-0.4, -0.2) is 26.3 Å². The summed E-state index contributed by atoms with van der Waals surface area (Å²) in [7, 11) is -3.74. The zero-order valence-electron chi connectivity index (χ0n) is 13.6. The van der Waals surface area contributed by atoms with E-state index in [9.17, 15) is 18.0 Å². The summed E-state index contributed by atoms with van der Waals surface area (Å²) in [5.74, 6) is -0.571. The van der Waals surface area contributed by atoms with Gasteiger partial charge in [0.15, 0.2) is 0 Å². The van der Waals surface area contributed by atoms with Crippen molar-refractivity contribution < 1.29 is 18.0 Å². The van der Waals surface area contributed by atoms with E-state index in [-0.39, 0.29) is 23.1 Å². The summed E-state index contributed by atoms with van der Waals surface area (Å²) in [6.45, 7) is 0.322. The second-order valence-electron chi connectivity index (χ2n) is 5.87. The second-order valence-corrected chi connectivity index (χ2v) is 8.35. The van der Waals surface area contributed by atoms with Gasteiger partial charge in [0.25, 0.3) is 5.91 Å². The summed E-state index contributed by atoms with van der Waals surface area (Å²) in [5, 5.41) is 8.11. The number of benzene rings is 2. The molecule has 136 valence electrons. The molecule has 0 aromatic heterocycles. The van der Waals surface area contributed by atoms with Gasteiger partial charge >= 0.3 is 0 Å². The molecule has 2 aromatic rings. The van der Waals surface area contributed by atoms with Crippen LogP contribution in [0.15, 0.2) is 57.9 Å². The summed E-state index contributed by atoms with van der Waals surface area (Å²) in [4.78, 5) is 26.0. The molecule has 0 saturated carbocycles. The minimum absolute atomic E-state index is 0.0229. The highest BCUT2D eigenvalue weighted by Crippen LogP contribution is 2.24. The van der Waals surface area contributed by atoms with Crippen molar-refractivity contribution in [3.63, 3.8) is 0 Å². The zero-order chi connectivity index (χ0) is 18.9. The normalized spacial score (nSPS) is 17.8. The van der Waals surface area contributed by atoms with Crippen molar-refractivity contribution in [3.8, 4) is 0 Å². The molecule has 1 atom stereocenters. The Labute approximate surface area is 159 Å². The number of hydrogen-bond acceptors (Lipinski definition) is 5. The van der Waals surface area contributed by atoms with Gasteiger partial charge in [-0.05, 0) is 42.0 Å². The molecule has 0 radical (unpaired) electrons. The third-order valence-electron chi connectivity index (χ3n) is 4.04. The Morgan fingerprint density at radius 2 is 1.69 bits per heavy atom. The van der Waals surface area contributed by atoms with Crippen LogP contribution in [0.1, 0.15) is 12.0 Å². The predicted molar refractivity (Wildman–Crippen MR) is 99.7 cm³/mol. The minimum Gasteiger partial charge on any atom is -0.301 e. The van der Waals surface area contributed by atoms with Gasteiger partial charge in [0.05, 0.1) is 23.0 Å². The van der Waals surface area contributed by atoms with Crippen molar-refractivity contribution in [2.75, 3.05) is 4.90 Å². The van der Waals surface area contributed by atoms with E-state index < -0.39 is 16.1 Å². The van der Waals surface area contributed by atoms with Gasteiger partial charge in [0.1, 0.15) is 0 Å². The number of nitrogens with two attached hydrogens (primary N) is 1. The first-order chi connectivity index (χ1) is 12.3. The number of carbonyl (C=O) groups excluding carboxylic acids is 2. The van der Waals surface area contributed by atoms with Gasteiger partial charge in [0.2, 0.25) is 15.9 Å². The number of sulfonamides is 1. The molecule has 0 spiro atoms. The van der Waals surface area contributed by atoms with Crippen LogP contribution in [0, 0.1) is 0 Å². The van der Waals surface area contributed by atoms with Crippen LogP contribution in [0.2, 0.25) is 0 Å². The van der Waals surface area contributed by atoms with Crippen LogP contribution in [-0.2, 0) is 26.2 Å². The SMILES string of the molecule is NS(=O)(=O)c1ccc(CN[C@@H]2CC(=O)N(c3ccc(Br)cc3)C2=O)cc1. The van der Waals surface area contributed by atoms with E-state index in [0.29, 0.717) is 12.2 Å². The first kappa shape index (κ1) is 18.7. The summed E-state index contributed by atoms with van der Waals surface area (Å²) in [6.07, 6.45) is 0.0736. The van der Waals surface area contributed by atoms with Crippen molar-refractivity contribution in [2.24, 2.45) is 5.14 Å². The molecule has 1 fully saturated rings. The molecular formula is C17H16BrN3O4S. The number of primary sulfonamides is 1. The molecule has 0 bridgehead atoms. The maximum atomic E-state index is 12.5. The van der Waals surface area contributed by atoms with Crippen molar-refractivity contribution in [1.29, 1.82) is 0 Å². The van der Waals surface area contributed by atoms with Crippen LogP contribution in [0.5, 0.6) is 0 Å². The number of halogens is 1. The monoisotopic (exact) mass is 437 g/mol. The van der Waals surface area contributed by atoms with Gasteiger partial charge in [-0.15, -0.1) is 0 Å². The van der Waals surface area contributed by atoms with Gasteiger partial charge in [0, 0.05) is 11.0 Å². The number of imide groups is 1. The molecule has 1 aliphatic rings. The molecule has 3 rings (SSSR count). The Morgan fingerprint density at radius 3 is 2.27 bits per heavy atom. The summed E-state index contributed by atoms with van der Waals surface area (Å²) >= 11 is 3.32. The maximum absolute atomic E-state index is 12.5. The first-order valence-corrected chi connectivity index (χ1v) is 10.1. The van der Waals surface area contributed by atoms with E-state index in [1.54, 1.807) is 36.4 Å². The third kappa shape index (κ3) is 4.01. The number of carbonyl (C=O) groups is 2. The molecule has 3 N–H and O–H groups in total. The second kappa shape index (κ2) is 7.28. The topological polar surface area (TPSA) is 110 Å². The van der Waals surface area contributed by atoms with E-state index in [1.165, 1.54) is 17.0 Å². The first-order valence-electron chi connectivity index (χ1n) is 7.73. The lowest BCUT2D eigenvalue weighted by molar-refractivity contribution is -0.121. The number of anilines is 1. The molecule has 1 aliphatic heterocycles. The lowest BCUT2D eigenvalue weighted by Gasteiger charge is -2.15. The Kier molecular flexibility index (Phi) is 5.24. The maximum Gasteiger partial charge on any atom is 0.251 e. The highest BCUT2D eigenvalue weighted by molar-refractivity contribution is 9.10. The van der Waals surface area contributed by atoms with Gasteiger partial charge in [-0.1, -0.05) is 28.1 Å². The highest BCUT2D eigenvalue weighted by Gasteiger charge is 2.39. The Hall–Kier alpha value is -2.07. The molecule has 0 aliphatic carbocycles. The Morgan fingerprint density at radius 1 is 1.08 bits per heavy atom. The number of nitrogens with one attached hydrogen (secondary N) is 1. The molecule has 2 amide bonds. The summed E-state index contributed by atoms with van der Waals surface area (Å²) < 4.78 is 23.4.